The van der Waals surface area contributed by atoms with Gasteiger partial charge in [0.25, 0.3) is 0 Å². The second-order valence-corrected chi connectivity index (χ2v) is 5.04. The highest BCUT2D eigenvalue weighted by Gasteiger charge is 2.24. The van der Waals surface area contributed by atoms with E-state index in [2.05, 4.69) is 0 Å². The summed E-state index contributed by atoms with van der Waals surface area (Å²) in [5.41, 5.74) is 0.723. The molecule has 0 amide bonds. The molecule has 7 nitrogen and oxygen atoms in total. The number of carbonyl (C=O) groups is 3. The van der Waals surface area contributed by atoms with Crippen LogP contribution in [-0.2, 0) is 28.6 Å². The summed E-state index contributed by atoms with van der Waals surface area (Å²) in [6, 6.07) is 0. The average Bonchev–Trinajstić information content (AvgIpc) is 3.33. The molecular weight excluding hydrogens is 304 g/mol. The van der Waals surface area contributed by atoms with Crippen molar-refractivity contribution in [3.63, 3.8) is 0 Å². The molecule has 0 bridgehead atoms. The third-order valence-electron chi connectivity index (χ3n) is 2.97. The number of rotatable bonds is 8. The maximum Gasteiger partial charge on any atom is 0.334 e. The van der Waals surface area contributed by atoms with Gasteiger partial charge < -0.3 is 19.3 Å². The number of aliphatic carboxylic acids is 1. The van der Waals surface area contributed by atoms with Gasteiger partial charge in [-0.1, -0.05) is 12.2 Å². The molecule has 7 heteroatoms. The first-order chi connectivity index (χ1) is 10.8. The molecule has 23 heavy (non-hydrogen) atoms. The van der Waals surface area contributed by atoms with Crippen molar-refractivity contribution in [2.24, 2.45) is 0 Å². The SMILES string of the molecule is CC(=CCOC(=O)C(C)=CC=C(C)C(=O)OCC1CO1)C(=O)O. The van der Waals surface area contributed by atoms with Gasteiger partial charge in [0.2, 0.25) is 0 Å². The van der Waals surface area contributed by atoms with Gasteiger partial charge in [-0.2, -0.15) is 0 Å². The zero-order valence-electron chi connectivity index (χ0n) is 13.3. The van der Waals surface area contributed by atoms with Gasteiger partial charge in [-0.3, -0.25) is 0 Å². The van der Waals surface area contributed by atoms with Crippen LogP contribution in [0.15, 0.2) is 34.9 Å². The monoisotopic (exact) mass is 324 g/mol. The Morgan fingerprint density at radius 2 is 1.57 bits per heavy atom. The van der Waals surface area contributed by atoms with Crippen LogP contribution in [0, 0.1) is 0 Å². The van der Waals surface area contributed by atoms with Crippen molar-refractivity contribution in [1.29, 1.82) is 0 Å². The quantitative estimate of drug-likeness (QED) is 0.311. The first-order valence-electron chi connectivity index (χ1n) is 7.02. The molecule has 0 aliphatic carbocycles. The molecule has 0 saturated carbocycles. The molecule has 1 aliphatic rings. The lowest BCUT2D eigenvalue weighted by Gasteiger charge is -2.03. The molecule has 0 aromatic carbocycles. The predicted molar refractivity (Wildman–Crippen MR) is 80.6 cm³/mol. The molecule has 1 atom stereocenters. The van der Waals surface area contributed by atoms with Crippen molar-refractivity contribution >= 4 is 17.9 Å². The van der Waals surface area contributed by atoms with Crippen LogP contribution in [0.4, 0.5) is 0 Å². The van der Waals surface area contributed by atoms with Crippen LogP contribution in [0.3, 0.4) is 0 Å². The van der Waals surface area contributed by atoms with E-state index in [1.165, 1.54) is 32.1 Å². The van der Waals surface area contributed by atoms with Gasteiger partial charge in [-0.25, -0.2) is 14.4 Å². The van der Waals surface area contributed by atoms with E-state index in [-0.39, 0.29) is 30.5 Å². The van der Waals surface area contributed by atoms with Crippen LogP contribution < -0.4 is 0 Å². The minimum Gasteiger partial charge on any atom is -0.478 e. The standard InChI is InChI=1S/C16H20O7/c1-10(14(17)18)6-7-21-15(19)11(2)4-5-12(3)16(20)23-9-13-8-22-13/h4-6,13H,7-9H2,1-3H3,(H,17,18). The fourth-order valence-electron chi connectivity index (χ4n) is 1.28. The van der Waals surface area contributed by atoms with E-state index in [9.17, 15) is 14.4 Å². The second-order valence-electron chi connectivity index (χ2n) is 5.04. The third kappa shape index (κ3) is 7.42. The van der Waals surface area contributed by atoms with Crippen LogP contribution in [0.1, 0.15) is 20.8 Å². The lowest BCUT2D eigenvalue weighted by atomic mass is 10.2. The van der Waals surface area contributed by atoms with Gasteiger partial charge >= 0.3 is 17.9 Å². The summed E-state index contributed by atoms with van der Waals surface area (Å²) in [4.78, 5) is 33.9. The Labute approximate surface area is 134 Å². The zero-order valence-corrected chi connectivity index (χ0v) is 13.3. The van der Waals surface area contributed by atoms with Crippen molar-refractivity contribution in [1.82, 2.24) is 0 Å². The van der Waals surface area contributed by atoms with Crippen LogP contribution in [-0.4, -0.2) is 48.9 Å². The number of carboxylic acids is 1. The Hall–Kier alpha value is -2.41. The van der Waals surface area contributed by atoms with E-state index >= 15 is 0 Å². The smallest absolute Gasteiger partial charge is 0.334 e. The van der Waals surface area contributed by atoms with Gasteiger partial charge in [0.15, 0.2) is 0 Å². The van der Waals surface area contributed by atoms with Gasteiger partial charge in [-0.05, 0) is 26.8 Å². The molecule has 126 valence electrons. The fraction of sp³-hybridized carbons (Fsp3) is 0.438. The number of epoxide rings is 1. The van der Waals surface area contributed by atoms with E-state index in [1.807, 2.05) is 0 Å². The topological polar surface area (TPSA) is 102 Å². The molecule has 1 aliphatic heterocycles. The molecule has 0 aromatic rings. The number of ether oxygens (including phenoxy) is 3. The molecule has 1 rings (SSSR count). The van der Waals surface area contributed by atoms with E-state index < -0.39 is 17.9 Å². The van der Waals surface area contributed by atoms with E-state index in [0.29, 0.717) is 12.2 Å². The van der Waals surface area contributed by atoms with Crippen LogP contribution in [0.2, 0.25) is 0 Å². The molecule has 0 aromatic heterocycles. The second kappa shape index (κ2) is 8.89. The number of allylic oxidation sites excluding steroid dienone is 2. The molecule has 0 radical (unpaired) electrons. The predicted octanol–water partition coefficient (Wildman–Crippen LogP) is 1.40. The summed E-state index contributed by atoms with van der Waals surface area (Å²) < 4.78 is 14.8. The summed E-state index contributed by atoms with van der Waals surface area (Å²) in [6.07, 6.45) is 4.21. The van der Waals surface area contributed by atoms with Crippen LogP contribution >= 0.6 is 0 Å². The summed E-state index contributed by atoms with van der Waals surface area (Å²) in [5, 5.41) is 8.66. The van der Waals surface area contributed by atoms with E-state index in [1.54, 1.807) is 6.92 Å². The Bertz CT molecular complexity index is 565. The largest absolute Gasteiger partial charge is 0.478 e. The molecular formula is C16H20O7. The Morgan fingerprint density at radius 3 is 2.04 bits per heavy atom. The summed E-state index contributed by atoms with van der Waals surface area (Å²) in [7, 11) is 0. The van der Waals surface area contributed by atoms with Gasteiger partial charge in [0, 0.05) is 16.7 Å². The molecule has 0 spiro atoms. The van der Waals surface area contributed by atoms with Crippen molar-refractivity contribution in [3.05, 3.63) is 34.9 Å². The summed E-state index contributed by atoms with van der Waals surface area (Å²) in [6.45, 7) is 5.21. The molecule has 1 unspecified atom stereocenters. The van der Waals surface area contributed by atoms with Gasteiger partial charge in [0.05, 0.1) is 6.61 Å². The third-order valence-corrected chi connectivity index (χ3v) is 2.97. The highest BCUT2D eigenvalue weighted by Crippen LogP contribution is 2.10. The number of carboxylic acid groups (broad SMARTS) is 1. The van der Waals surface area contributed by atoms with Crippen molar-refractivity contribution in [2.45, 2.75) is 26.9 Å². The normalized spacial score (nSPS) is 18.4. The van der Waals surface area contributed by atoms with Crippen molar-refractivity contribution < 1.29 is 33.7 Å². The summed E-state index contributed by atoms with van der Waals surface area (Å²) in [5.74, 6) is -2.14. The average molecular weight is 324 g/mol. The van der Waals surface area contributed by atoms with Gasteiger partial charge in [-0.15, -0.1) is 0 Å². The van der Waals surface area contributed by atoms with Crippen molar-refractivity contribution in [2.75, 3.05) is 19.8 Å². The first kappa shape index (κ1) is 18.6. The number of esters is 2. The Balaban J connectivity index is 2.45. The highest BCUT2D eigenvalue weighted by molar-refractivity contribution is 5.90. The van der Waals surface area contributed by atoms with E-state index in [0.717, 1.165) is 0 Å². The molecule has 1 heterocycles. The number of hydrogen-bond donors (Lipinski definition) is 1. The lowest BCUT2D eigenvalue weighted by molar-refractivity contribution is -0.139. The van der Waals surface area contributed by atoms with Crippen molar-refractivity contribution in [3.8, 4) is 0 Å². The molecule has 1 saturated heterocycles. The van der Waals surface area contributed by atoms with Crippen LogP contribution in [0.5, 0.6) is 0 Å². The maximum atomic E-state index is 11.7. The lowest BCUT2D eigenvalue weighted by Crippen LogP contribution is -2.10. The first-order valence-corrected chi connectivity index (χ1v) is 7.02. The summed E-state index contributed by atoms with van der Waals surface area (Å²) >= 11 is 0. The number of hydrogen-bond acceptors (Lipinski definition) is 6. The van der Waals surface area contributed by atoms with Crippen LogP contribution in [0.25, 0.3) is 0 Å². The minimum absolute atomic E-state index is 0.00122. The highest BCUT2D eigenvalue weighted by atomic mass is 16.6. The molecule has 1 N–H and O–H groups in total. The van der Waals surface area contributed by atoms with Gasteiger partial charge in [0.1, 0.15) is 19.3 Å². The Morgan fingerprint density at radius 1 is 1.04 bits per heavy atom. The molecule has 1 fully saturated rings. The fourth-order valence-corrected chi connectivity index (χ4v) is 1.28. The number of carbonyl (C=O) groups excluding carboxylic acids is 2. The van der Waals surface area contributed by atoms with E-state index in [4.69, 9.17) is 19.3 Å². The Kier molecular flexibility index (Phi) is 7.21. The minimum atomic E-state index is -1.07. The zero-order chi connectivity index (χ0) is 17.4. The maximum absolute atomic E-state index is 11.7.